The van der Waals surface area contributed by atoms with Gasteiger partial charge in [-0.3, -0.25) is 4.79 Å². The second kappa shape index (κ2) is 8.17. The van der Waals surface area contributed by atoms with E-state index in [0.717, 1.165) is 6.42 Å². The monoisotopic (exact) mass is 371 g/mol. The fourth-order valence-electron chi connectivity index (χ4n) is 1.59. The van der Waals surface area contributed by atoms with Crippen LogP contribution in [0.25, 0.3) is 0 Å². The number of rotatable bonds is 7. The molecule has 0 aliphatic rings. The first kappa shape index (κ1) is 18.5. The zero-order valence-corrected chi connectivity index (χ0v) is 15.0. The molecule has 6 heteroatoms. The number of carbonyl (C=O) groups is 2. The molecule has 0 unspecified atom stereocenters. The maximum Gasteiger partial charge on any atom is 0.341 e. The third-order valence-corrected chi connectivity index (χ3v) is 3.09. The van der Waals surface area contributed by atoms with Crippen LogP contribution in [0.2, 0.25) is 0 Å². The molecule has 5 nitrogen and oxygen atoms in total. The Hall–Kier alpha value is -1.56. The molecule has 1 aromatic carbocycles. The molecule has 1 rings (SSSR count). The standard InChI is InChI=1S/C16H22BrNO4/c1-5-9-22-13-8-7-11(18-15(20)16(3,4)17)10-12(13)14(19)21-6-2/h7-8,10H,5-6,9H2,1-4H3,(H,18,20). The quantitative estimate of drug-likeness (QED) is 0.585. The molecule has 0 radical (unpaired) electrons. The Morgan fingerprint density at radius 1 is 1.27 bits per heavy atom. The van der Waals surface area contributed by atoms with Gasteiger partial charge in [0.15, 0.2) is 0 Å². The molecular weight excluding hydrogens is 350 g/mol. The molecule has 0 heterocycles. The second-order valence-corrected chi connectivity index (χ2v) is 7.19. The predicted molar refractivity (Wildman–Crippen MR) is 89.8 cm³/mol. The van der Waals surface area contributed by atoms with Crippen LogP contribution >= 0.6 is 15.9 Å². The molecule has 0 fully saturated rings. The van der Waals surface area contributed by atoms with Crippen LogP contribution < -0.4 is 10.1 Å². The molecule has 0 spiro atoms. The molecule has 1 N–H and O–H groups in total. The lowest BCUT2D eigenvalue weighted by molar-refractivity contribution is -0.117. The average molecular weight is 372 g/mol. The van der Waals surface area contributed by atoms with E-state index in [9.17, 15) is 9.59 Å². The molecular formula is C16H22BrNO4. The van der Waals surface area contributed by atoms with Crippen LogP contribution in [0, 0.1) is 0 Å². The molecule has 1 aromatic rings. The maximum atomic E-state index is 12.0. The van der Waals surface area contributed by atoms with Crippen molar-refractivity contribution in [1.29, 1.82) is 0 Å². The van der Waals surface area contributed by atoms with Crippen LogP contribution in [-0.2, 0) is 9.53 Å². The highest BCUT2D eigenvalue weighted by molar-refractivity contribution is 9.10. The molecule has 0 bridgehead atoms. The van der Waals surface area contributed by atoms with Crippen molar-refractivity contribution in [2.24, 2.45) is 0 Å². The van der Waals surface area contributed by atoms with Crippen molar-refractivity contribution in [3.05, 3.63) is 23.8 Å². The van der Waals surface area contributed by atoms with Gasteiger partial charge in [0.1, 0.15) is 11.3 Å². The van der Waals surface area contributed by atoms with E-state index in [0.29, 0.717) is 23.6 Å². The predicted octanol–water partition coefficient (Wildman–Crippen LogP) is 3.76. The number of carbonyl (C=O) groups excluding carboxylic acids is 2. The zero-order valence-electron chi connectivity index (χ0n) is 13.4. The average Bonchev–Trinajstić information content (AvgIpc) is 2.45. The second-order valence-electron chi connectivity index (χ2n) is 5.21. The van der Waals surface area contributed by atoms with Crippen LogP contribution in [-0.4, -0.2) is 29.4 Å². The fraction of sp³-hybridized carbons (Fsp3) is 0.500. The highest BCUT2D eigenvalue weighted by atomic mass is 79.9. The van der Waals surface area contributed by atoms with Crippen LogP contribution in [0.15, 0.2) is 18.2 Å². The molecule has 0 atom stereocenters. The Bertz CT molecular complexity index is 537. The lowest BCUT2D eigenvalue weighted by Crippen LogP contribution is -2.31. The van der Waals surface area contributed by atoms with Crippen molar-refractivity contribution in [3.63, 3.8) is 0 Å². The number of nitrogens with one attached hydrogen (secondary N) is 1. The summed E-state index contributed by atoms with van der Waals surface area (Å²) in [4.78, 5) is 24.0. The molecule has 0 saturated heterocycles. The van der Waals surface area contributed by atoms with E-state index in [1.165, 1.54) is 0 Å². The molecule has 0 aliphatic heterocycles. The van der Waals surface area contributed by atoms with Crippen LogP contribution in [0.1, 0.15) is 44.5 Å². The van der Waals surface area contributed by atoms with Crippen molar-refractivity contribution in [2.45, 2.75) is 38.4 Å². The van der Waals surface area contributed by atoms with E-state index in [2.05, 4.69) is 21.2 Å². The Morgan fingerprint density at radius 3 is 2.50 bits per heavy atom. The lowest BCUT2D eigenvalue weighted by Gasteiger charge is -2.17. The summed E-state index contributed by atoms with van der Waals surface area (Å²) in [5, 5.41) is 2.75. The van der Waals surface area contributed by atoms with Gasteiger partial charge in [-0.2, -0.15) is 0 Å². The first-order valence-electron chi connectivity index (χ1n) is 7.24. The first-order valence-corrected chi connectivity index (χ1v) is 8.03. The van der Waals surface area contributed by atoms with Gasteiger partial charge in [-0.15, -0.1) is 0 Å². The number of amides is 1. The maximum absolute atomic E-state index is 12.0. The van der Waals surface area contributed by atoms with Gasteiger partial charge in [0.25, 0.3) is 0 Å². The van der Waals surface area contributed by atoms with E-state index in [1.54, 1.807) is 39.0 Å². The SMILES string of the molecule is CCCOc1ccc(NC(=O)C(C)(C)Br)cc1C(=O)OCC. The Morgan fingerprint density at radius 2 is 1.95 bits per heavy atom. The lowest BCUT2D eigenvalue weighted by atomic mass is 10.1. The number of benzene rings is 1. The van der Waals surface area contributed by atoms with Gasteiger partial charge in [0.2, 0.25) is 5.91 Å². The summed E-state index contributed by atoms with van der Waals surface area (Å²) in [7, 11) is 0. The fourth-order valence-corrected chi connectivity index (χ4v) is 1.69. The molecule has 1 amide bonds. The Kier molecular flexibility index (Phi) is 6.87. The van der Waals surface area contributed by atoms with Gasteiger partial charge in [-0.25, -0.2) is 4.79 Å². The van der Waals surface area contributed by atoms with E-state index in [-0.39, 0.29) is 12.5 Å². The Labute approximate surface area is 139 Å². The number of hydrogen-bond acceptors (Lipinski definition) is 4. The molecule has 0 aromatic heterocycles. The molecule has 22 heavy (non-hydrogen) atoms. The normalized spacial score (nSPS) is 11.0. The summed E-state index contributed by atoms with van der Waals surface area (Å²) in [5.74, 6) is -0.219. The van der Waals surface area contributed by atoms with E-state index >= 15 is 0 Å². The van der Waals surface area contributed by atoms with Crippen molar-refractivity contribution in [1.82, 2.24) is 0 Å². The van der Waals surface area contributed by atoms with Crippen molar-refractivity contribution >= 4 is 33.5 Å². The number of esters is 1. The van der Waals surface area contributed by atoms with Gasteiger partial charge < -0.3 is 14.8 Å². The minimum absolute atomic E-state index is 0.204. The van der Waals surface area contributed by atoms with E-state index < -0.39 is 10.3 Å². The number of hydrogen-bond donors (Lipinski definition) is 1. The van der Waals surface area contributed by atoms with Crippen molar-refractivity contribution in [3.8, 4) is 5.75 Å². The summed E-state index contributed by atoms with van der Waals surface area (Å²) < 4.78 is 9.89. The van der Waals surface area contributed by atoms with Crippen molar-refractivity contribution < 1.29 is 19.1 Å². The van der Waals surface area contributed by atoms with Crippen LogP contribution in [0.3, 0.4) is 0 Å². The molecule has 122 valence electrons. The third kappa shape index (κ3) is 5.33. The highest BCUT2D eigenvalue weighted by Crippen LogP contribution is 2.26. The Balaban J connectivity index is 3.05. The highest BCUT2D eigenvalue weighted by Gasteiger charge is 2.24. The van der Waals surface area contributed by atoms with Gasteiger partial charge in [0.05, 0.1) is 17.5 Å². The van der Waals surface area contributed by atoms with E-state index in [1.807, 2.05) is 6.92 Å². The summed E-state index contributed by atoms with van der Waals surface area (Å²) in [6, 6.07) is 4.93. The summed E-state index contributed by atoms with van der Waals surface area (Å²) in [5.41, 5.74) is 0.824. The van der Waals surface area contributed by atoms with Crippen LogP contribution in [0.5, 0.6) is 5.75 Å². The molecule has 0 saturated carbocycles. The third-order valence-electron chi connectivity index (χ3n) is 2.73. The number of alkyl halides is 1. The minimum Gasteiger partial charge on any atom is -0.493 e. The van der Waals surface area contributed by atoms with Gasteiger partial charge >= 0.3 is 5.97 Å². The minimum atomic E-state index is -0.700. The van der Waals surface area contributed by atoms with E-state index in [4.69, 9.17) is 9.47 Å². The van der Waals surface area contributed by atoms with Crippen molar-refractivity contribution in [2.75, 3.05) is 18.5 Å². The zero-order chi connectivity index (χ0) is 16.8. The number of anilines is 1. The smallest absolute Gasteiger partial charge is 0.341 e. The van der Waals surface area contributed by atoms with Gasteiger partial charge in [-0.05, 0) is 45.4 Å². The summed E-state index contributed by atoms with van der Waals surface area (Å²) in [6.45, 7) is 7.99. The van der Waals surface area contributed by atoms with Gasteiger partial charge in [-0.1, -0.05) is 22.9 Å². The molecule has 0 aliphatic carbocycles. The number of halogens is 1. The van der Waals surface area contributed by atoms with Gasteiger partial charge in [0, 0.05) is 5.69 Å². The topological polar surface area (TPSA) is 64.6 Å². The first-order chi connectivity index (χ1) is 10.3. The largest absolute Gasteiger partial charge is 0.493 e. The summed E-state index contributed by atoms with van der Waals surface area (Å²) >= 11 is 3.29. The summed E-state index contributed by atoms with van der Waals surface area (Å²) in [6.07, 6.45) is 0.832. The number of ether oxygens (including phenoxy) is 2. The van der Waals surface area contributed by atoms with Crippen LogP contribution in [0.4, 0.5) is 5.69 Å².